The van der Waals surface area contributed by atoms with E-state index in [1.807, 2.05) is 12.1 Å². The van der Waals surface area contributed by atoms with Crippen LogP contribution in [0.2, 0.25) is 0 Å². The molecule has 1 heterocycles. The number of methoxy groups -OCH3 is 1. The van der Waals surface area contributed by atoms with E-state index in [0.29, 0.717) is 12.1 Å². The number of nitrogens with zero attached hydrogens (tertiary/aromatic N) is 2. The molecule has 0 spiro atoms. The topological polar surface area (TPSA) is 41.7 Å². The van der Waals surface area contributed by atoms with Gasteiger partial charge in [0.05, 0.1) is 7.11 Å². The fraction of sp³-hybridized carbons (Fsp3) is 0.625. The Bertz CT molecular complexity index is 426. The van der Waals surface area contributed by atoms with Gasteiger partial charge in [0.1, 0.15) is 5.75 Å². The average molecular weight is 275 g/mol. The molecule has 0 radical (unpaired) electrons. The number of hydrogen-bond donors (Lipinski definition) is 1. The first-order valence-corrected chi connectivity index (χ1v) is 7.66. The zero-order chi connectivity index (χ0) is 13.9. The zero-order valence-electron chi connectivity index (χ0n) is 12.3. The molecule has 110 valence electrons. The fourth-order valence-electron chi connectivity index (χ4n) is 3.53. The maximum Gasteiger partial charge on any atom is 0.119 e. The number of hydrogen-bond acceptors (Lipinski definition) is 4. The van der Waals surface area contributed by atoms with E-state index in [0.717, 1.165) is 31.9 Å². The summed E-state index contributed by atoms with van der Waals surface area (Å²) < 4.78 is 5.21. The maximum atomic E-state index is 6.22. The lowest BCUT2D eigenvalue weighted by atomic mass is 10.1. The molecule has 2 unspecified atom stereocenters. The monoisotopic (exact) mass is 275 g/mol. The average Bonchev–Trinajstić information content (AvgIpc) is 2.94. The van der Waals surface area contributed by atoms with Crippen LogP contribution in [-0.4, -0.2) is 50.3 Å². The molecule has 3 rings (SSSR count). The first kappa shape index (κ1) is 13.7. The van der Waals surface area contributed by atoms with Crippen molar-refractivity contribution in [2.75, 3.05) is 38.2 Å². The van der Waals surface area contributed by atoms with Gasteiger partial charge in [-0.15, -0.1) is 0 Å². The van der Waals surface area contributed by atoms with E-state index in [2.05, 4.69) is 21.9 Å². The molecule has 2 N–H and O–H groups in total. The van der Waals surface area contributed by atoms with Crippen molar-refractivity contribution in [2.24, 2.45) is 5.73 Å². The maximum absolute atomic E-state index is 6.22. The van der Waals surface area contributed by atoms with E-state index in [-0.39, 0.29) is 0 Å². The third kappa shape index (κ3) is 2.76. The molecule has 20 heavy (non-hydrogen) atoms. The Kier molecular flexibility index (Phi) is 4.13. The summed E-state index contributed by atoms with van der Waals surface area (Å²) in [6.07, 6.45) is 3.78. The lowest BCUT2D eigenvalue weighted by molar-refractivity contribution is 0.175. The SMILES string of the molecule is COc1ccc(N2CCN(C3CCCC3N)CC2)cc1. The van der Waals surface area contributed by atoms with Crippen molar-refractivity contribution in [1.29, 1.82) is 0 Å². The van der Waals surface area contributed by atoms with Gasteiger partial charge < -0.3 is 15.4 Å². The van der Waals surface area contributed by atoms with Crippen molar-refractivity contribution < 1.29 is 4.74 Å². The molecule has 1 saturated carbocycles. The third-order valence-electron chi connectivity index (χ3n) is 4.75. The molecule has 1 aliphatic heterocycles. The van der Waals surface area contributed by atoms with Gasteiger partial charge in [0.2, 0.25) is 0 Å². The minimum Gasteiger partial charge on any atom is -0.497 e. The summed E-state index contributed by atoms with van der Waals surface area (Å²) in [5.41, 5.74) is 7.51. The Morgan fingerprint density at radius 1 is 1.05 bits per heavy atom. The minimum absolute atomic E-state index is 0.391. The minimum atomic E-state index is 0.391. The van der Waals surface area contributed by atoms with Gasteiger partial charge in [-0.25, -0.2) is 0 Å². The van der Waals surface area contributed by atoms with Gasteiger partial charge in [-0.05, 0) is 37.1 Å². The standard InChI is InChI=1S/C16H25N3O/c1-20-14-7-5-13(6-8-14)18-9-11-19(12-10-18)16-4-2-3-15(16)17/h5-8,15-16H,2-4,9-12,17H2,1H3. The summed E-state index contributed by atoms with van der Waals surface area (Å²) in [6, 6.07) is 9.38. The van der Waals surface area contributed by atoms with Gasteiger partial charge in [0.25, 0.3) is 0 Å². The van der Waals surface area contributed by atoms with Crippen LogP contribution in [-0.2, 0) is 0 Å². The summed E-state index contributed by atoms with van der Waals surface area (Å²) in [5, 5.41) is 0. The van der Waals surface area contributed by atoms with Crippen molar-refractivity contribution in [3.8, 4) is 5.75 Å². The summed E-state index contributed by atoms with van der Waals surface area (Å²) in [6.45, 7) is 4.44. The lowest BCUT2D eigenvalue weighted by Gasteiger charge is -2.40. The molecule has 4 heteroatoms. The molecule has 2 atom stereocenters. The molecular weight excluding hydrogens is 250 g/mol. The van der Waals surface area contributed by atoms with Gasteiger partial charge in [-0.3, -0.25) is 4.90 Å². The van der Waals surface area contributed by atoms with Crippen molar-refractivity contribution >= 4 is 5.69 Å². The molecule has 2 aliphatic rings. The van der Waals surface area contributed by atoms with Gasteiger partial charge >= 0.3 is 0 Å². The smallest absolute Gasteiger partial charge is 0.119 e. The number of rotatable bonds is 3. The lowest BCUT2D eigenvalue weighted by Crippen LogP contribution is -2.53. The summed E-state index contributed by atoms with van der Waals surface area (Å²) in [5.74, 6) is 0.921. The molecule has 0 bridgehead atoms. The quantitative estimate of drug-likeness (QED) is 0.911. The van der Waals surface area contributed by atoms with E-state index in [1.54, 1.807) is 7.11 Å². The Morgan fingerprint density at radius 3 is 2.30 bits per heavy atom. The van der Waals surface area contributed by atoms with Crippen molar-refractivity contribution in [3.63, 3.8) is 0 Å². The van der Waals surface area contributed by atoms with Crippen molar-refractivity contribution in [3.05, 3.63) is 24.3 Å². The largest absolute Gasteiger partial charge is 0.497 e. The van der Waals surface area contributed by atoms with Crippen LogP contribution in [0.1, 0.15) is 19.3 Å². The van der Waals surface area contributed by atoms with E-state index < -0.39 is 0 Å². The fourth-order valence-corrected chi connectivity index (χ4v) is 3.53. The van der Waals surface area contributed by atoms with Gasteiger partial charge in [0, 0.05) is 44.0 Å². The summed E-state index contributed by atoms with van der Waals surface area (Å²) in [7, 11) is 1.71. The second kappa shape index (κ2) is 6.02. The Morgan fingerprint density at radius 2 is 1.75 bits per heavy atom. The molecular formula is C16H25N3O. The number of anilines is 1. The second-order valence-corrected chi connectivity index (χ2v) is 5.88. The van der Waals surface area contributed by atoms with Crippen LogP contribution in [0.5, 0.6) is 5.75 Å². The van der Waals surface area contributed by atoms with Crippen LogP contribution < -0.4 is 15.4 Å². The number of piperazine rings is 1. The van der Waals surface area contributed by atoms with Crippen LogP contribution in [0.4, 0.5) is 5.69 Å². The van der Waals surface area contributed by atoms with Crippen LogP contribution in [0.25, 0.3) is 0 Å². The molecule has 1 aromatic rings. The van der Waals surface area contributed by atoms with Crippen molar-refractivity contribution in [2.45, 2.75) is 31.3 Å². The third-order valence-corrected chi connectivity index (χ3v) is 4.75. The van der Waals surface area contributed by atoms with Crippen LogP contribution in [0, 0.1) is 0 Å². The highest BCUT2D eigenvalue weighted by atomic mass is 16.5. The highest BCUT2D eigenvalue weighted by Gasteiger charge is 2.31. The molecule has 1 aromatic carbocycles. The zero-order valence-corrected chi connectivity index (χ0v) is 12.3. The van der Waals surface area contributed by atoms with E-state index in [9.17, 15) is 0 Å². The Labute approximate surface area is 121 Å². The molecule has 1 saturated heterocycles. The highest BCUT2D eigenvalue weighted by molar-refractivity contribution is 5.49. The van der Waals surface area contributed by atoms with E-state index in [1.165, 1.54) is 24.9 Å². The normalized spacial score (nSPS) is 27.8. The Balaban J connectivity index is 1.57. The summed E-state index contributed by atoms with van der Waals surface area (Å²) >= 11 is 0. The first-order chi connectivity index (χ1) is 9.78. The van der Waals surface area contributed by atoms with Crippen molar-refractivity contribution in [1.82, 2.24) is 4.90 Å². The predicted octanol–water partition coefficient (Wildman–Crippen LogP) is 1.70. The molecule has 0 amide bonds. The van der Waals surface area contributed by atoms with Gasteiger partial charge in [-0.2, -0.15) is 0 Å². The number of benzene rings is 1. The molecule has 4 nitrogen and oxygen atoms in total. The van der Waals surface area contributed by atoms with Crippen LogP contribution in [0.15, 0.2) is 24.3 Å². The molecule has 0 aromatic heterocycles. The second-order valence-electron chi connectivity index (χ2n) is 5.88. The Hall–Kier alpha value is -1.26. The number of nitrogens with two attached hydrogens (primary N) is 1. The van der Waals surface area contributed by atoms with Crippen LogP contribution >= 0.6 is 0 Å². The number of ether oxygens (including phenoxy) is 1. The first-order valence-electron chi connectivity index (χ1n) is 7.66. The highest BCUT2D eigenvalue weighted by Crippen LogP contribution is 2.25. The molecule has 2 fully saturated rings. The van der Waals surface area contributed by atoms with Gasteiger partial charge in [0.15, 0.2) is 0 Å². The predicted molar refractivity (Wildman–Crippen MR) is 82.4 cm³/mol. The van der Waals surface area contributed by atoms with E-state index in [4.69, 9.17) is 10.5 Å². The summed E-state index contributed by atoms with van der Waals surface area (Å²) in [4.78, 5) is 5.05. The molecule has 1 aliphatic carbocycles. The van der Waals surface area contributed by atoms with Gasteiger partial charge in [-0.1, -0.05) is 6.42 Å². The van der Waals surface area contributed by atoms with E-state index >= 15 is 0 Å². The van der Waals surface area contributed by atoms with Crippen LogP contribution in [0.3, 0.4) is 0 Å².